The first kappa shape index (κ1) is 22.0. The number of rotatable bonds is 4. The SMILES string of the molecule is CC(C)(C)c1ccc(S(=O)(=O)N2CCC(C(=O)O[C@H]3CCCCC3=O)CC2)cc1. The number of ketones is 1. The van der Waals surface area contributed by atoms with E-state index in [1.54, 1.807) is 12.1 Å². The van der Waals surface area contributed by atoms with Crippen LogP contribution in [0.25, 0.3) is 0 Å². The molecule has 0 radical (unpaired) electrons. The van der Waals surface area contributed by atoms with Gasteiger partial charge in [-0.05, 0) is 55.2 Å². The van der Waals surface area contributed by atoms with E-state index in [-0.39, 0.29) is 41.1 Å². The Kier molecular flexibility index (Phi) is 6.48. The molecule has 2 aliphatic rings. The van der Waals surface area contributed by atoms with Crippen molar-refractivity contribution in [2.24, 2.45) is 5.92 Å². The zero-order valence-electron chi connectivity index (χ0n) is 17.5. The van der Waals surface area contributed by atoms with Crippen LogP contribution in [-0.2, 0) is 29.8 Å². The molecule has 0 aromatic heterocycles. The summed E-state index contributed by atoms with van der Waals surface area (Å²) in [5, 5.41) is 0. The summed E-state index contributed by atoms with van der Waals surface area (Å²) >= 11 is 0. The fraction of sp³-hybridized carbons (Fsp3) is 0.636. The van der Waals surface area contributed by atoms with E-state index >= 15 is 0 Å². The lowest BCUT2D eigenvalue weighted by atomic mass is 9.87. The second-order valence-electron chi connectivity index (χ2n) is 9.09. The number of esters is 1. The lowest BCUT2D eigenvalue weighted by Gasteiger charge is -2.31. The molecule has 1 saturated heterocycles. The zero-order valence-corrected chi connectivity index (χ0v) is 18.3. The largest absolute Gasteiger partial charge is 0.454 e. The minimum atomic E-state index is -3.58. The van der Waals surface area contributed by atoms with E-state index in [0.717, 1.165) is 18.4 Å². The minimum absolute atomic E-state index is 0.00307. The predicted octanol–water partition coefficient (Wildman–Crippen LogP) is 3.44. The van der Waals surface area contributed by atoms with Crippen molar-refractivity contribution in [1.29, 1.82) is 0 Å². The van der Waals surface area contributed by atoms with Crippen LogP contribution in [-0.4, -0.2) is 43.7 Å². The monoisotopic (exact) mass is 421 g/mol. The van der Waals surface area contributed by atoms with Gasteiger partial charge < -0.3 is 4.74 Å². The summed E-state index contributed by atoms with van der Waals surface area (Å²) in [5.41, 5.74) is 1.04. The van der Waals surface area contributed by atoms with Crippen LogP contribution < -0.4 is 0 Å². The van der Waals surface area contributed by atoms with Gasteiger partial charge in [0.2, 0.25) is 10.0 Å². The number of carbonyl (C=O) groups is 2. The first-order valence-electron chi connectivity index (χ1n) is 10.4. The molecule has 1 atom stereocenters. The van der Waals surface area contributed by atoms with Crippen LogP contribution in [0.2, 0.25) is 0 Å². The molecule has 29 heavy (non-hydrogen) atoms. The van der Waals surface area contributed by atoms with Crippen molar-refractivity contribution in [3.63, 3.8) is 0 Å². The Morgan fingerprint density at radius 3 is 2.21 bits per heavy atom. The lowest BCUT2D eigenvalue weighted by Crippen LogP contribution is -2.41. The highest BCUT2D eigenvalue weighted by Crippen LogP contribution is 2.28. The number of carbonyl (C=O) groups excluding carboxylic acids is 2. The number of hydrogen-bond donors (Lipinski definition) is 0. The van der Waals surface area contributed by atoms with Crippen LogP contribution in [0, 0.1) is 5.92 Å². The van der Waals surface area contributed by atoms with Gasteiger partial charge >= 0.3 is 5.97 Å². The number of Topliss-reactive ketones (excluding diaryl/α,β-unsaturated/α-hetero) is 1. The second kappa shape index (κ2) is 8.56. The maximum atomic E-state index is 12.9. The highest BCUT2D eigenvalue weighted by Gasteiger charge is 2.35. The summed E-state index contributed by atoms with van der Waals surface area (Å²) in [7, 11) is -3.58. The fourth-order valence-electron chi connectivity index (χ4n) is 3.92. The van der Waals surface area contributed by atoms with Gasteiger partial charge in [-0.3, -0.25) is 9.59 Å². The molecule has 7 heteroatoms. The molecule has 2 fully saturated rings. The Morgan fingerprint density at radius 2 is 1.66 bits per heavy atom. The van der Waals surface area contributed by atoms with Crippen molar-refractivity contribution in [2.45, 2.75) is 75.7 Å². The van der Waals surface area contributed by atoms with E-state index < -0.39 is 16.1 Å². The number of piperidine rings is 1. The van der Waals surface area contributed by atoms with Gasteiger partial charge in [0.1, 0.15) is 0 Å². The van der Waals surface area contributed by atoms with Crippen LogP contribution in [0.1, 0.15) is 64.9 Å². The van der Waals surface area contributed by atoms with Crippen molar-refractivity contribution in [3.8, 4) is 0 Å². The fourth-order valence-corrected chi connectivity index (χ4v) is 5.39. The molecule has 0 bridgehead atoms. The number of hydrogen-bond acceptors (Lipinski definition) is 5. The molecule has 1 aromatic carbocycles. The second-order valence-corrected chi connectivity index (χ2v) is 11.0. The van der Waals surface area contributed by atoms with Gasteiger partial charge in [-0.15, -0.1) is 0 Å². The van der Waals surface area contributed by atoms with Gasteiger partial charge in [-0.25, -0.2) is 8.42 Å². The Labute approximate surface area is 173 Å². The molecule has 1 aromatic rings. The highest BCUT2D eigenvalue weighted by molar-refractivity contribution is 7.89. The van der Waals surface area contributed by atoms with E-state index in [2.05, 4.69) is 20.8 Å². The summed E-state index contributed by atoms with van der Waals surface area (Å²) < 4.78 is 32.8. The average Bonchev–Trinajstić information content (AvgIpc) is 2.69. The summed E-state index contributed by atoms with van der Waals surface area (Å²) in [6.45, 7) is 6.81. The van der Waals surface area contributed by atoms with Crippen LogP contribution in [0.3, 0.4) is 0 Å². The first-order chi connectivity index (χ1) is 13.6. The minimum Gasteiger partial charge on any atom is -0.454 e. The van der Waals surface area contributed by atoms with Gasteiger partial charge in [0.05, 0.1) is 10.8 Å². The molecule has 1 saturated carbocycles. The first-order valence-corrected chi connectivity index (χ1v) is 11.9. The number of benzene rings is 1. The highest BCUT2D eigenvalue weighted by atomic mass is 32.2. The van der Waals surface area contributed by atoms with E-state index in [1.807, 2.05) is 12.1 Å². The number of sulfonamides is 1. The Hall–Kier alpha value is -1.73. The molecule has 1 heterocycles. The smallest absolute Gasteiger partial charge is 0.309 e. The molecule has 3 rings (SSSR count). The molecule has 0 spiro atoms. The zero-order chi connectivity index (χ0) is 21.2. The van der Waals surface area contributed by atoms with E-state index in [4.69, 9.17) is 4.74 Å². The predicted molar refractivity (Wildman–Crippen MR) is 110 cm³/mol. The Bertz CT molecular complexity index is 846. The molecule has 0 amide bonds. The van der Waals surface area contributed by atoms with Gasteiger partial charge in [-0.1, -0.05) is 32.9 Å². The van der Waals surface area contributed by atoms with Crippen molar-refractivity contribution < 1.29 is 22.7 Å². The van der Waals surface area contributed by atoms with E-state index in [1.165, 1.54) is 4.31 Å². The third kappa shape index (κ3) is 5.07. The molecular formula is C22H31NO5S. The Balaban J connectivity index is 1.59. The van der Waals surface area contributed by atoms with Crippen molar-refractivity contribution in [3.05, 3.63) is 29.8 Å². The van der Waals surface area contributed by atoms with E-state index in [0.29, 0.717) is 25.7 Å². The van der Waals surface area contributed by atoms with Crippen molar-refractivity contribution >= 4 is 21.8 Å². The lowest BCUT2D eigenvalue weighted by molar-refractivity contribution is -0.161. The van der Waals surface area contributed by atoms with Crippen LogP contribution in [0.15, 0.2) is 29.2 Å². The summed E-state index contributed by atoms with van der Waals surface area (Å²) in [6, 6.07) is 7.03. The number of nitrogens with zero attached hydrogens (tertiary/aromatic N) is 1. The van der Waals surface area contributed by atoms with Gasteiger partial charge in [0.15, 0.2) is 11.9 Å². The standard InChI is InChI=1S/C22H31NO5S/c1-22(2,3)17-8-10-18(11-9-17)29(26,27)23-14-12-16(13-15-23)21(25)28-20-7-5-4-6-19(20)24/h8-11,16,20H,4-7,12-15H2,1-3H3/t20-/m0/s1. The average molecular weight is 422 g/mol. The summed E-state index contributed by atoms with van der Waals surface area (Å²) in [5.74, 6) is -0.709. The molecule has 0 N–H and O–H groups in total. The quantitative estimate of drug-likeness (QED) is 0.696. The normalized spacial score (nSPS) is 22.4. The maximum Gasteiger partial charge on any atom is 0.309 e. The molecular weight excluding hydrogens is 390 g/mol. The molecule has 6 nitrogen and oxygen atoms in total. The molecule has 1 aliphatic carbocycles. The topological polar surface area (TPSA) is 80.8 Å². The van der Waals surface area contributed by atoms with Crippen LogP contribution in [0.4, 0.5) is 0 Å². The van der Waals surface area contributed by atoms with Crippen molar-refractivity contribution in [2.75, 3.05) is 13.1 Å². The summed E-state index contributed by atoms with van der Waals surface area (Å²) in [4.78, 5) is 24.6. The molecule has 160 valence electrons. The third-order valence-electron chi connectivity index (χ3n) is 5.90. The summed E-state index contributed by atoms with van der Waals surface area (Å²) in [6.07, 6.45) is 3.05. The van der Waals surface area contributed by atoms with E-state index in [9.17, 15) is 18.0 Å². The van der Waals surface area contributed by atoms with Crippen LogP contribution >= 0.6 is 0 Å². The molecule has 0 unspecified atom stereocenters. The van der Waals surface area contributed by atoms with Crippen LogP contribution in [0.5, 0.6) is 0 Å². The van der Waals surface area contributed by atoms with Gasteiger partial charge in [0, 0.05) is 19.5 Å². The number of ether oxygens (including phenoxy) is 1. The Morgan fingerprint density at radius 1 is 1.03 bits per heavy atom. The van der Waals surface area contributed by atoms with Crippen molar-refractivity contribution in [1.82, 2.24) is 4.31 Å². The maximum absolute atomic E-state index is 12.9. The molecule has 1 aliphatic heterocycles. The third-order valence-corrected chi connectivity index (χ3v) is 7.82. The van der Waals surface area contributed by atoms with Gasteiger partial charge in [0.25, 0.3) is 0 Å². The van der Waals surface area contributed by atoms with Gasteiger partial charge in [-0.2, -0.15) is 4.31 Å².